The molecular weight excluding hydrogens is 479 g/mol. The lowest BCUT2D eigenvalue weighted by Crippen LogP contribution is -2.48. The highest BCUT2D eigenvalue weighted by atomic mass is 35.5. The molecule has 2 aliphatic rings. The Bertz CT molecular complexity index is 1270. The summed E-state index contributed by atoms with van der Waals surface area (Å²) in [5.74, 6) is -2.44. The predicted molar refractivity (Wildman–Crippen MR) is 126 cm³/mol. The molecule has 0 saturated carbocycles. The van der Waals surface area contributed by atoms with Crippen LogP contribution in [0.5, 0.6) is 11.5 Å². The summed E-state index contributed by atoms with van der Waals surface area (Å²) in [6.07, 6.45) is 0.693. The molecule has 8 nitrogen and oxygen atoms in total. The van der Waals surface area contributed by atoms with Crippen molar-refractivity contribution in [3.63, 3.8) is 0 Å². The first-order chi connectivity index (χ1) is 16.9. The zero-order chi connectivity index (χ0) is 24.5. The molecule has 2 N–H and O–H groups in total. The summed E-state index contributed by atoms with van der Waals surface area (Å²) >= 11 is 5.99. The number of nitrogens with zero attached hydrogens (tertiary/aromatic N) is 1. The number of fused-ring (bicyclic) bond motifs is 2. The lowest BCUT2D eigenvalue weighted by atomic mass is 10.00. The molecule has 2 atom stereocenters. The Morgan fingerprint density at radius 3 is 2.69 bits per heavy atom. The number of hydrogen-bond donors (Lipinski definition) is 2. The Balaban J connectivity index is 1.38. The van der Waals surface area contributed by atoms with Gasteiger partial charge in [0.25, 0.3) is 11.7 Å². The third-order valence-corrected chi connectivity index (χ3v) is 6.46. The van der Waals surface area contributed by atoms with Crippen LogP contribution < -0.4 is 14.8 Å². The number of likely N-dealkylation sites (tertiary alicyclic amines) is 1. The van der Waals surface area contributed by atoms with E-state index < -0.39 is 29.7 Å². The maximum atomic E-state index is 14.6. The van der Waals surface area contributed by atoms with Gasteiger partial charge >= 0.3 is 0 Å². The zero-order valence-electron chi connectivity index (χ0n) is 18.8. The van der Waals surface area contributed by atoms with Crippen molar-refractivity contribution in [3.05, 3.63) is 58.6 Å². The fourth-order valence-corrected chi connectivity index (χ4v) is 4.65. The van der Waals surface area contributed by atoms with Crippen LogP contribution in [0.1, 0.15) is 35.1 Å². The summed E-state index contributed by atoms with van der Waals surface area (Å²) in [5, 5.41) is 14.9. The number of rotatable bonds is 7. The van der Waals surface area contributed by atoms with E-state index in [0.29, 0.717) is 16.0 Å². The van der Waals surface area contributed by atoms with Crippen molar-refractivity contribution in [1.29, 1.82) is 0 Å². The second-order valence-corrected chi connectivity index (χ2v) is 9.12. The third kappa shape index (κ3) is 4.98. The van der Waals surface area contributed by atoms with Gasteiger partial charge in [-0.1, -0.05) is 11.6 Å². The van der Waals surface area contributed by atoms with Crippen LogP contribution in [0.15, 0.2) is 40.8 Å². The predicted octanol–water partition coefficient (Wildman–Crippen LogP) is 3.49. The molecule has 10 heteroatoms. The Labute approximate surface area is 205 Å². The van der Waals surface area contributed by atoms with Gasteiger partial charge in [0.2, 0.25) is 0 Å². The molecule has 3 aromatic rings. The molecule has 5 rings (SSSR count). The van der Waals surface area contributed by atoms with Crippen LogP contribution in [0.2, 0.25) is 5.02 Å². The highest BCUT2D eigenvalue weighted by Crippen LogP contribution is 2.36. The fraction of sp³-hybridized carbons (Fsp3) is 0.360. The van der Waals surface area contributed by atoms with Gasteiger partial charge in [0.15, 0.2) is 23.1 Å². The van der Waals surface area contributed by atoms with Gasteiger partial charge in [-0.05, 0) is 67.9 Å². The van der Waals surface area contributed by atoms with Crippen molar-refractivity contribution in [1.82, 2.24) is 10.2 Å². The number of nitrogens with one attached hydrogen (secondary N) is 1. The van der Waals surface area contributed by atoms with Crippen LogP contribution in [0.25, 0.3) is 11.0 Å². The SMILES string of the molecule is O=C(NC(CN1CCCC1)C(O)c1cc(F)c2c(c1)OCCO2)C(=O)c1cc2cc(Cl)ccc2o1. The number of hydrogen-bond acceptors (Lipinski definition) is 7. The summed E-state index contributed by atoms with van der Waals surface area (Å²) < 4.78 is 30.9. The van der Waals surface area contributed by atoms with Crippen LogP contribution in [-0.2, 0) is 4.79 Å². The van der Waals surface area contributed by atoms with Crippen LogP contribution in [-0.4, -0.2) is 60.6 Å². The van der Waals surface area contributed by atoms with E-state index in [4.69, 9.17) is 25.5 Å². The van der Waals surface area contributed by atoms with Crippen molar-refractivity contribution in [3.8, 4) is 11.5 Å². The minimum atomic E-state index is -1.30. The lowest BCUT2D eigenvalue weighted by molar-refractivity contribution is -0.118. The molecule has 1 aromatic heterocycles. The van der Waals surface area contributed by atoms with Crippen LogP contribution >= 0.6 is 11.6 Å². The van der Waals surface area contributed by atoms with Crippen molar-refractivity contribution in [2.75, 3.05) is 32.8 Å². The first-order valence-electron chi connectivity index (χ1n) is 11.4. The number of furan rings is 1. The van der Waals surface area contributed by atoms with E-state index in [0.717, 1.165) is 32.0 Å². The first kappa shape index (κ1) is 23.6. The highest BCUT2D eigenvalue weighted by Gasteiger charge is 2.31. The standard InChI is InChI=1S/C25H24ClFN2O6/c26-16-3-4-19-14(9-16)11-20(35-19)23(31)25(32)28-18(13-29-5-1-2-6-29)22(30)15-10-17(27)24-21(12-15)33-7-8-34-24/h3-4,9-12,18,22,30H,1-2,5-8,13H2,(H,28,32). The molecule has 1 fully saturated rings. The number of amides is 1. The molecule has 1 amide bonds. The number of benzene rings is 2. The Morgan fingerprint density at radius 1 is 1.11 bits per heavy atom. The number of carbonyl (C=O) groups excluding carboxylic acids is 2. The van der Waals surface area contributed by atoms with Gasteiger partial charge in [0.05, 0.1) is 6.04 Å². The van der Waals surface area contributed by atoms with Crippen molar-refractivity contribution in [2.45, 2.75) is 25.0 Å². The van der Waals surface area contributed by atoms with E-state index in [-0.39, 0.29) is 42.6 Å². The quantitative estimate of drug-likeness (QED) is 0.376. The lowest BCUT2D eigenvalue weighted by Gasteiger charge is -2.29. The van der Waals surface area contributed by atoms with Crippen LogP contribution in [0.4, 0.5) is 4.39 Å². The molecule has 2 aromatic carbocycles. The summed E-state index contributed by atoms with van der Waals surface area (Å²) in [6.45, 7) is 2.37. The summed E-state index contributed by atoms with van der Waals surface area (Å²) in [7, 11) is 0. The molecular formula is C25H24ClFN2O6. The van der Waals surface area contributed by atoms with Crippen molar-refractivity contribution < 1.29 is 33.0 Å². The first-order valence-corrected chi connectivity index (χ1v) is 11.8. The van der Waals surface area contributed by atoms with E-state index in [1.807, 2.05) is 0 Å². The Kier molecular flexibility index (Phi) is 6.64. The number of Topliss-reactive ketones (excluding diaryl/α,β-unsaturated/α-hetero) is 1. The maximum Gasteiger partial charge on any atom is 0.296 e. The number of ketones is 1. The second-order valence-electron chi connectivity index (χ2n) is 8.68. The van der Waals surface area contributed by atoms with Gasteiger partial charge in [-0.25, -0.2) is 4.39 Å². The van der Waals surface area contributed by atoms with Gasteiger partial charge in [0, 0.05) is 17.0 Å². The fourth-order valence-electron chi connectivity index (χ4n) is 4.47. The normalized spacial score (nSPS) is 17.3. The minimum absolute atomic E-state index is 0.00695. The van der Waals surface area contributed by atoms with E-state index in [2.05, 4.69) is 10.2 Å². The highest BCUT2D eigenvalue weighted by molar-refractivity contribution is 6.42. The summed E-state index contributed by atoms with van der Waals surface area (Å²) in [6, 6.07) is 8.09. The largest absolute Gasteiger partial charge is 0.486 e. The van der Waals surface area contributed by atoms with E-state index in [9.17, 15) is 19.1 Å². The zero-order valence-corrected chi connectivity index (χ0v) is 19.5. The Hall–Kier alpha value is -3.14. The molecule has 0 aliphatic carbocycles. The van der Waals surface area contributed by atoms with E-state index >= 15 is 0 Å². The summed E-state index contributed by atoms with van der Waals surface area (Å²) in [4.78, 5) is 27.8. The average Bonchev–Trinajstić information content (AvgIpc) is 3.52. The molecule has 0 spiro atoms. The smallest absolute Gasteiger partial charge is 0.296 e. The van der Waals surface area contributed by atoms with Crippen LogP contribution in [0.3, 0.4) is 0 Å². The Morgan fingerprint density at radius 2 is 1.89 bits per heavy atom. The monoisotopic (exact) mass is 502 g/mol. The number of halogens is 2. The molecule has 0 radical (unpaired) electrons. The summed E-state index contributed by atoms with van der Waals surface area (Å²) in [5.41, 5.74) is 0.632. The maximum absolute atomic E-state index is 14.6. The van der Waals surface area contributed by atoms with Gasteiger partial charge < -0.3 is 29.2 Å². The molecule has 1 saturated heterocycles. The number of aliphatic hydroxyl groups is 1. The third-order valence-electron chi connectivity index (χ3n) is 6.22. The van der Waals surface area contributed by atoms with Crippen molar-refractivity contribution >= 4 is 34.3 Å². The van der Waals surface area contributed by atoms with E-state index in [1.165, 1.54) is 12.1 Å². The molecule has 2 aliphatic heterocycles. The van der Waals surface area contributed by atoms with Gasteiger partial charge in [0.1, 0.15) is 24.9 Å². The van der Waals surface area contributed by atoms with E-state index in [1.54, 1.807) is 18.2 Å². The van der Waals surface area contributed by atoms with Gasteiger partial charge in [-0.2, -0.15) is 0 Å². The molecule has 35 heavy (non-hydrogen) atoms. The topological polar surface area (TPSA) is 101 Å². The average molecular weight is 503 g/mol. The molecule has 2 unspecified atom stereocenters. The minimum Gasteiger partial charge on any atom is -0.486 e. The number of carbonyl (C=O) groups is 2. The van der Waals surface area contributed by atoms with Gasteiger partial charge in [-0.15, -0.1) is 0 Å². The number of ether oxygens (including phenoxy) is 2. The molecule has 3 heterocycles. The van der Waals surface area contributed by atoms with Gasteiger partial charge in [-0.3, -0.25) is 9.59 Å². The molecule has 0 bridgehead atoms. The molecule has 184 valence electrons. The number of aliphatic hydroxyl groups excluding tert-OH is 1. The van der Waals surface area contributed by atoms with Crippen molar-refractivity contribution in [2.24, 2.45) is 0 Å². The second kappa shape index (κ2) is 9.85. The van der Waals surface area contributed by atoms with Crippen LogP contribution in [0, 0.1) is 5.82 Å².